The van der Waals surface area contributed by atoms with Crippen LogP contribution in [0.2, 0.25) is 5.02 Å². The summed E-state index contributed by atoms with van der Waals surface area (Å²) in [6, 6.07) is 4.95. The first-order chi connectivity index (χ1) is 8.66. The van der Waals surface area contributed by atoms with E-state index in [0.29, 0.717) is 0 Å². The highest BCUT2D eigenvalue weighted by Crippen LogP contribution is 2.29. The van der Waals surface area contributed by atoms with E-state index in [1.165, 1.54) is 34.9 Å². The quantitative estimate of drug-likeness (QED) is 0.893. The Morgan fingerprint density at radius 2 is 2.17 bits per heavy atom. The fourth-order valence-electron chi connectivity index (χ4n) is 2.65. The van der Waals surface area contributed by atoms with Gasteiger partial charge in [-0.1, -0.05) is 17.7 Å². The SMILES string of the molecule is Cc1c(Cl)ccc2c(CCNC3CC3)cn(C)c12. The van der Waals surface area contributed by atoms with Gasteiger partial charge in [-0.15, -0.1) is 0 Å². The van der Waals surface area contributed by atoms with Crippen LogP contribution in [-0.4, -0.2) is 17.2 Å². The zero-order valence-electron chi connectivity index (χ0n) is 11.0. The van der Waals surface area contributed by atoms with E-state index < -0.39 is 0 Å². The number of hydrogen-bond acceptors (Lipinski definition) is 1. The maximum absolute atomic E-state index is 6.20. The molecule has 0 amide bonds. The van der Waals surface area contributed by atoms with Crippen LogP contribution in [0, 0.1) is 6.92 Å². The predicted molar refractivity (Wildman–Crippen MR) is 77.4 cm³/mol. The van der Waals surface area contributed by atoms with Gasteiger partial charge in [0.2, 0.25) is 0 Å². The monoisotopic (exact) mass is 262 g/mol. The van der Waals surface area contributed by atoms with Crippen LogP contribution in [0.25, 0.3) is 10.9 Å². The van der Waals surface area contributed by atoms with Crippen molar-refractivity contribution in [3.63, 3.8) is 0 Å². The molecule has 2 nitrogen and oxygen atoms in total. The van der Waals surface area contributed by atoms with Crippen LogP contribution in [0.4, 0.5) is 0 Å². The second kappa shape index (κ2) is 4.60. The lowest BCUT2D eigenvalue weighted by Crippen LogP contribution is -2.19. The molecule has 96 valence electrons. The van der Waals surface area contributed by atoms with Gasteiger partial charge in [-0.2, -0.15) is 0 Å². The van der Waals surface area contributed by atoms with Gasteiger partial charge in [0.25, 0.3) is 0 Å². The topological polar surface area (TPSA) is 17.0 Å². The molecule has 3 heteroatoms. The van der Waals surface area contributed by atoms with Crippen molar-refractivity contribution in [3.8, 4) is 0 Å². The van der Waals surface area contributed by atoms with E-state index in [0.717, 1.165) is 24.0 Å². The third-order valence-corrected chi connectivity index (χ3v) is 4.23. The van der Waals surface area contributed by atoms with Gasteiger partial charge in [-0.25, -0.2) is 0 Å². The summed E-state index contributed by atoms with van der Waals surface area (Å²) in [5, 5.41) is 5.77. The summed E-state index contributed by atoms with van der Waals surface area (Å²) in [6.45, 7) is 3.17. The average molecular weight is 263 g/mol. The minimum absolute atomic E-state index is 0.788. The minimum atomic E-state index is 0.788. The molecule has 1 aromatic heterocycles. The van der Waals surface area contributed by atoms with Crippen molar-refractivity contribution in [1.82, 2.24) is 9.88 Å². The first-order valence-corrected chi connectivity index (χ1v) is 7.01. The number of nitrogens with zero attached hydrogens (tertiary/aromatic N) is 1. The van der Waals surface area contributed by atoms with Crippen molar-refractivity contribution in [2.75, 3.05) is 6.54 Å². The standard InChI is InChI=1S/C15H19ClN2/c1-10-14(16)6-5-13-11(9-18(2)15(10)13)7-8-17-12-3-4-12/h5-6,9,12,17H,3-4,7-8H2,1-2H3. The molecule has 3 rings (SSSR count). The van der Waals surface area contributed by atoms with Gasteiger partial charge >= 0.3 is 0 Å². The van der Waals surface area contributed by atoms with Crippen LogP contribution in [0.5, 0.6) is 0 Å². The first-order valence-electron chi connectivity index (χ1n) is 6.63. The van der Waals surface area contributed by atoms with Crippen molar-refractivity contribution in [3.05, 3.63) is 34.5 Å². The predicted octanol–water partition coefficient (Wildman–Crippen LogP) is 3.43. The molecule has 1 fully saturated rings. The van der Waals surface area contributed by atoms with Gasteiger partial charge in [0.1, 0.15) is 0 Å². The summed E-state index contributed by atoms with van der Waals surface area (Å²) in [5.41, 5.74) is 3.86. The second-order valence-corrected chi connectivity index (χ2v) is 5.72. The number of rotatable bonds is 4. The van der Waals surface area contributed by atoms with E-state index >= 15 is 0 Å². The maximum Gasteiger partial charge on any atom is 0.0525 e. The van der Waals surface area contributed by atoms with Gasteiger partial charge in [0, 0.05) is 29.7 Å². The number of hydrogen-bond donors (Lipinski definition) is 1. The van der Waals surface area contributed by atoms with Crippen LogP contribution in [0.1, 0.15) is 24.0 Å². The molecule has 1 aliphatic carbocycles. The molecule has 2 aromatic rings. The normalized spacial score (nSPS) is 15.5. The average Bonchev–Trinajstić information content (AvgIpc) is 3.09. The highest BCUT2D eigenvalue weighted by atomic mass is 35.5. The number of halogens is 1. The van der Waals surface area contributed by atoms with Crippen molar-refractivity contribution in [2.24, 2.45) is 7.05 Å². The zero-order valence-corrected chi connectivity index (χ0v) is 11.7. The number of nitrogens with one attached hydrogen (secondary N) is 1. The Morgan fingerprint density at radius 3 is 2.89 bits per heavy atom. The summed E-state index contributed by atoms with van der Waals surface area (Å²) in [5.74, 6) is 0. The van der Waals surface area contributed by atoms with Crippen molar-refractivity contribution < 1.29 is 0 Å². The molecule has 0 unspecified atom stereocenters. The summed E-state index contributed by atoms with van der Waals surface area (Å²) in [4.78, 5) is 0. The molecule has 1 aromatic carbocycles. The second-order valence-electron chi connectivity index (χ2n) is 5.31. The minimum Gasteiger partial charge on any atom is -0.350 e. The Hall–Kier alpha value is -0.990. The summed E-state index contributed by atoms with van der Waals surface area (Å²) >= 11 is 6.20. The van der Waals surface area contributed by atoms with Crippen LogP contribution in [-0.2, 0) is 13.5 Å². The Labute approximate surface area is 113 Å². The third kappa shape index (κ3) is 2.15. The van der Waals surface area contributed by atoms with Crippen molar-refractivity contribution in [2.45, 2.75) is 32.2 Å². The Balaban J connectivity index is 1.89. The Kier molecular flexibility index (Phi) is 3.08. The lowest BCUT2D eigenvalue weighted by molar-refractivity contribution is 0.682. The van der Waals surface area contributed by atoms with E-state index in [1.807, 2.05) is 6.07 Å². The number of benzene rings is 1. The molecular formula is C15H19ClN2. The smallest absolute Gasteiger partial charge is 0.0525 e. The van der Waals surface area contributed by atoms with Gasteiger partial charge in [-0.3, -0.25) is 0 Å². The molecule has 1 saturated carbocycles. The molecule has 0 spiro atoms. The summed E-state index contributed by atoms with van der Waals surface area (Å²) < 4.78 is 2.20. The van der Waals surface area contributed by atoms with Gasteiger partial charge in [0.05, 0.1) is 5.52 Å². The van der Waals surface area contributed by atoms with Gasteiger partial charge in [-0.05, 0) is 49.9 Å². The molecule has 1 heterocycles. The highest BCUT2D eigenvalue weighted by Gasteiger charge is 2.20. The van der Waals surface area contributed by atoms with Crippen molar-refractivity contribution >= 4 is 22.5 Å². The molecule has 1 N–H and O–H groups in total. The molecule has 0 saturated heterocycles. The fraction of sp³-hybridized carbons (Fsp3) is 0.467. The molecule has 1 aliphatic rings. The van der Waals surface area contributed by atoms with Crippen LogP contribution < -0.4 is 5.32 Å². The van der Waals surface area contributed by atoms with Crippen LogP contribution in [0.15, 0.2) is 18.3 Å². The summed E-state index contributed by atoms with van der Waals surface area (Å²) in [6.07, 6.45) is 6.03. The lowest BCUT2D eigenvalue weighted by atomic mass is 10.1. The molecule has 0 bridgehead atoms. The molecule has 18 heavy (non-hydrogen) atoms. The van der Waals surface area contributed by atoms with E-state index in [4.69, 9.17) is 11.6 Å². The van der Waals surface area contributed by atoms with E-state index in [-0.39, 0.29) is 0 Å². The first kappa shape index (κ1) is 12.1. The Morgan fingerprint density at radius 1 is 1.39 bits per heavy atom. The van der Waals surface area contributed by atoms with E-state index in [9.17, 15) is 0 Å². The van der Waals surface area contributed by atoms with Gasteiger partial charge in [0.15, 0.2) is 0 Å². The number of aryl methyl sites for hydroxylation is 2. The van der Waals surface area contributed by atoms with E-state index in [1.54, 1.807) is 0 Å². The van der Waals surface area contributed by atoms with Gasteiger partial charge < -0.3 is 9.88 Å². The Bertz CT molecular complexity index is 582. The molecular weight excluding hydrogens is 244 g/mol. The fourth-order valence-corrected chi connectivity index (χ4v) is 2.81. The van der Waals surface area contributed by atoms with E-state index in [2.05, 4.69) is 36.1 Å². The van der Waals surface area contributed by atoms with Crippen LogP contribution >= 0.6 is 11.6 Å². The molecule has 0 radical (unpaired) electrons. The largest absolute Gasteiger partial charge is 0.350 e. The highest BCUT2D eigenvalue weighted by molar-refractivity contribution is 6.32. The third-order valence-electron chi connectivity index (χ3n) is 3.82. The lowest BCUT2D eigenvalue weighted by Gasteiger charge is -2.04. The number of aromatic nitrogens is 1. The molecule has 0 atom stereocenters. The zero-order chi connectivity index (χ0) is 12.7. The maximum atomic E-state index is 6.20. The van der Waals surface area contributed by atoms with Crippen molar-refractivity contribution in [1.29, 1.82) is 0 Å². The number of fused-ring (bicyclic) bond motifs is 1. The van der Waals surface area contributed by atoms with Crippen LogP contribution in [0.3, 0.4) is 0 Å². The molecule has 0 aliphatic heterocycles. The summed E-state index contributed by atoms with van der Waals surface area (Å²) in [7, 11) is 2.10.